The minimum Gasteiger partial charge on any atom is -0.507 e. The van der Waals surface area contributed by atoms with E-state index >= 15 is 0 Å². The maximum Gasteiger partial charge on any atom is 0.166 e. The zero-order valence-electron chi connectivity index (χ0n) is 8.35. The highest BCUT2D eigenvalue weighted by molar-refractivity contribution is 6.31. The Balaban J connectivity index is 2.69. The van der Waals surface area contributed by atoms with Crippen molar-refractivity contribution < 1.29 is 18.3 Å². The van der Waals surface area contributed by atoms with Gasteiger partial charge in [0.05, 0.1) is 5.02 Å². The van der Waals surface area contributed by atoms with Gasteiger partial charge in [0.15, 0.2) is 11.6 Å². The molecule has 0 aliphatic rings. The zero-order valence-corrected chi connectivity index (χ0v) is 9.10. The van der Waals surface area contributed by atoms with E-state index in [1.165, 1.54) is 12.1 Å². The van der Waals surface area contributed by atoms with Crippen molar-refractivity contribution in [1.82, 2.24) is 0 Å². The fourth-order valence-electron chi connectivity index (χ4n) is 1.46. The molecular formula is C12H6ClF3O. The third-order valence-corrected chi connectivity index (χ3v) is 2.57. The molecular weight excluding hydrogens is 253 g/mol. The molecule has 0 bridgehead atoms. The number of aromatic hydroxyl groups is 1. The summed E-state index contributed by atoms with van der Waals surface area (Å²) in [7, 11) is 0. The summed E-state index contributed by atoms with van der Waals surface area (Å²) < 4.78 is 39.5. The van der Waals surface area contributed by atoms with Crippen molar-refractivity contribution in [2.75, 3.05) is 0 Å². The van der Waals surface area contributed by atoms with Crippen molar-refractivity contribution in [2.24, 2.45) is 0 Å². The minimum atomic E-state index is -1.12. The van der Waals surface area contributed by atoms with Crippen LogP contribution in [0.25, 0.3) is 11.1 Å². The van der Waals surface area contributed by atoms with Crippen LogP contribution in [0, 0.1) is 17.5 Å². The predicted octanol–water partition coefficient (Wildman–Crippen LogP) is 4.13. The number of halogens is 4. The van der Waals surface area contributed by atoms with Gasteiger partial charge in [-0.05, 0) is 12.1 Å². The van der Waals surface area contributed by atoms with Crippen LogP contribution in [0.4, 0.5) is 13.2 Å². The molecule has 0 saturated heterocycles. The lowest BCUT2D eigenvalue weighted by Gasteiger charge is -2.07. The van der Waals surface area contributed by atoms with Gasteiger partial charge in [-0.15, -0.1) is 0 Å². The van der Waals surface area contributed by atoms with E-state index in [0.29, 0.717) is 0 Å². The molecule has 0 aliphatic carbocycles. The van der Waals surface area contributed by atoms with Crippen molar-refractivity contribution in [1.29, 1.82) is 0 Å². The van der Waals surface area contributed by atoms with Gasteiger partial charge in [-0.2, -0.15) is 0 Å². The normalized spacial score (nSPS) is 10.6. The summed E-state index contributed by atoms with van der Waals surface area (Å²) >= 11 is 5.53. The van der Waals surface area contributed by atoms with Gasteiger partial charge < -0.3 is 5.11 Å². The fraction of sp³-hybridized carbons (Fsp3) is 0. The van der Waals surface area contributed by atoms with Crippen LogP contribution in [0.1, 0.15) is 0 Å². The average molecular weight is 259 g/mol. The van der Waals surface area contributed by atoms with Crippen molar-refractivity contribution in [3.05, 3.63) is 52.8 Å². The van der Waals surface area contributed by atoms with Crippen LogP contribution in [0.5, 0.6) is 5.75 Å². The molecule has 0 saturated carbocycles. The van der Waals surface area contributed by atoms with Crippen molar-refractivity contribution in [3.63, 3.8) is 0 Å². The maximum absolute atomic E-state index is 13.5. The SMILES string of the molecule is Oc1cc(F)c(Cl)cc1-c1cccc(F)c1F. The van der Waals surface area contributed by atoms with Gasteiger partial charge >= 0.3 is 0 Å². The molecule has 0 atom stereocenters. The van der Waals surface area contributed by atoms with Crippen LogP contribution in [0.2, 0.25) is 5.02 Å². The lowest BCUT2D eigenvalue weighted by atomic mass is 10.0. The first-order valence-electron chi connectivity index (χ1n) is 4.63. The molecule has 0 aliphatic heterocycles. The Morgan fingerprint density at radius 2 is 1.65 bits per heavy atom. The predicted molar refractivity (Wildman–Crippen MR) is 58.4 cm³/mol. The number of hydrogen-bond donors (Lipinski definition) is 1. The highest BCUT2D eigenvalue weighted by Crippen LogP contribution is 2.35. The Hall–Kier alpha value is -1.68. The molecule has 2 aromatic carbocycles. The standard InChI is InChI=1S/C12H6ClF3O/c13-8-4-7(11(17)5-10(8)15)6-2-1-3-9(14)12(6)16/h1-5,17H. The summed E-state index contributed by atoms with van der Waals surface area (Å²) in [6.07, 6.45) is 0. The molecule has 17 heavy (non-hydrogen) atoms. The van der Waals surface area contributed by atoms with Gasteiger partial charge in [0, 0.05) is 17.2 Å². The summed E-state index contributed by atoms with van der Waals surface area (Å²) in [6, 6.07) is 5.29. The summed E-state index contributed by atoms with van der Waals surface area (Å²) in [4.78, 5) is 0. The topological polar surface area (TPSA) is 20.2 Å². The molecule has 0 heterocycles. The highest BCUT2D eigenvalue weighted by Gasteiger charge is 2.15. The van der Waals surface area contributed by atoms with Crippen molar-refractivity contribution >= 4 is 11.6 Å². The van der Waals surface area contributed by atoms with Crippen LogP contribution in [0.3, 0.4) is 0 Å². The monoisotopic (exact) mass is 258 g/mol. The van der Waals surface area contributed by atoms with E-state index < -0.39 is 23.2 Å². The van der Waals surface area contributed by atoms with Crippen molar-refractivity contribution in [3.8, 4) is 16.9 Å². The number of benzene rings is 2. The molecule has 2 aromatic rings. The molecule has 0 amide bonds. The van der Waals surface area contributed by atoms with E-state index in [1.807, 2.05) is 0 Å². The molecule has 1 N–H and O–H groups in total. The van der Waals surface area contributed by atoms with Crippen LogP contribution in [0.15, 0.2) is 30.3 Å². The zero-order chi connectivity index (χ0) is 12.6. The number of rotatable bonds is 1. The summed E-state index contributed by atoms with van der Waals surface area (Å²) in [5.41, 5.74) is -0.238. The van der Waals surface area contributed by atoms with Crippen LogP contribution >= 0.6 is 11.6 Å². The van der Waals surface area contributed by atoms with Crippen LogP contribution < -0.4 is 0 Å². The lowest BCUT2D eigenvalue weighted by Crippen LogP contribution is -1.90. The minimum absolute atomic E-state index is 0.0617. The average Bonchev–Trinajstić information content (AvgIpc) is 2.28. The van der Waals surface area contributed by atoms with E-state index in [0.717, 1.165) is 18.2 Å². The van der Waals surface area contributed by atoms with E-state index in [4.69, 9.17) is 11.6 Å². The molecule has 0 spiro atoms. The fourth-order valence-corrected chi connectivity index (χ4v) is 1.63. The molecule has 0 fully saturated rings. The van der Waals surface area contributed by atoms with Crippen LogP contribution in [-0.4, -0.2) is 5.11 Å². The molecule has 2 rings (SSSR count). The van der Waals surface area contributed by atoms with Gasteiger partial charge in [-0.25, -0.2) is 13.2 Å². The molecule has 5 heteroatoms. The largest absolute Gasteiger partial charge is 0.507 e. The smallest absolute Gasteiger partial charge is 0.166 e. The quantitative estimate of drug-likeness (QED) is 0.815. The number of hydrogen-bond acceptors (Lipinski definition) is 1. The molecule has 88 valence electrons. The third-order valence-electron chi connectivity index (χ3n) is 2.28. The van der Waals surface area contributed by atoms with Gasteiger partial charge in [0.1, 0.15) is 11.6 Å². The summed E-state index contributed by atoms with van der Waals surface area (Å²) in [5.74, 6) is -3.51. The van der Waals surface area contributed by atoms with Crippen LogP contribution in [-0.2, 0) is 0 Å². The maximum atomic E-state index is 13.5. The summed E-state index contributed by atoms with van der Waals surface area (Å²) in [6.45, 7) is 0. The Morgan fingerprint density at radius 1 is 0.941 bits per heavy atom. The number of phenols is 1. The first-order valence-corrected chi connectivity index (χ1v) is 5.01. The second-order valence-electron chi connectivity index (χ2n) is 3.38. The lowest BCUT2D eigenvalue weighted by molar-refractivity contribution is 0.469. The van der Waals surface area contributed by atoms with E-state index in [9.17, 15) is 18.3 Å². The van der Waals surface area contributed by atoms with Gasteiger partial charge in [0.2, 0.25) is 0 Å². The first-order chi connectivity index (χ1) is 8.00. The van der Waals surface area contributed by atoms with E-state index in [-0.39, 0.29) is 16.1 Å². The first kappa shape index (κ1) is 11.8. The second-order valence-corrected chi connectivity index (χ2v) is 3.79. The highest BCUT2D eigenvalue weighted by atomic mass is 35.5. The van der Waals surface area contributed by atoms with Gasteiger partial charge in [0.25, 0.3) is 0 Å². The molecule has 0 radical (unpaired) electrons. The Kier molecular flexibility index (Phi) is 2.98. The van der Waals surface area contributed by atoms with Gasteiger partial charge in [-0.3, -0.25) is 0 Å². The molecule has 1 nitrogen and oxygen atoms in total. The Labute approximate surface area is 100 Å². The van der Waals surface area contributed by atoms with Gasteiger partial charge in [-0.1, -0.05) is 23.7 Å². The Morgan fingerprint density at radius 3 is 2.35 bits per heavy atom. The van der Waals surface area contributed by atoms with E-state index in [1.54, 1.807) is 0 Å². The third kappa shape index (κ3) is 2.08. The number of phenolic OH excluding ortho intramolecular Hbond substituents is 1. The van der Waals surface area contributed by atoms with Crippen molar-refractivity contribution in [2.45, 2.75) is 0 Å². The second kappa shape index (κ2) is 4.30. The molecule has 0 unspecified atom stereocenters. The molecule has 0 aromatic heterocycles. The summed E-state index contributed by atoms with van der Waals surface area (Å²) in [5, 5.41) is 9.22. The van der Waals surface area contributed by atoms with E-state index in [2.05, 4.69) is 0 Å². The Bertz CT molecular complexity index is 584.